The van der Waals surface area contributed by atoms with Crippen LogP contribution in [0.5, 0.6) is 0 Å². The van der Waals surface area contributed by atoms with Gasteiger partial charge in [0, 0.05) is 62.3 Å². The standard InChI is InChI=1S/C23H28N6O/c1-16-20(17(2)28(3)27-16)14-26-23(30)19-9-10-25-22(13-19)29-12-11-24-21(15-29)18-7-5-4-6-8-18/h4-10,13,21,24H,11-12,14-15H2,1-3H3,(H,26,30)/t21-/m0/s1. The van der Waals surface area contributed by atoms with Gasteiger partial charge < -0.3 is 15.5 Å². The Bertz CT molecular complexity index is 1030. The molecule has 7 nitrogen and oxygen atoms in total. The number of nitrogens with zero attached hydrogens (tertiary/aromatic N) is 4. The maximum atomic E-state index is 12.8. The molecule has 4 rings (SSSR count). The predicted octanol–water partition coefficient (Wildman–Crippen LogP) is 2.51. The Hall–Kier alpha value is -3.19. The van der Waals surface area contributed by atoms with Crippen molar-refractivity contribution in [1.82, 2.24) is 25.4 Å². The number of aromatic nitrogens is 3. The molecule has 0 spiro atoms. The van der Waals surface area contributed by atoms with Gasteiger partial charge in [-0.3, -0.25) is 9.48 Å². The number of anilines is 1. The number of piperazine rings is 1. The molecule has 1 amide bonds. The van der Waals surface area contributed by atoms with E-state index in [1.807, 2.05) is 37.7 Å². The summed E-state index contributed by atoms with van der Waals surface area (Å²) >= 11 is 0. The van der Waals surface area contributed by atoms with Gasteiger partial charge in [-0.05, 0) is 31.5 Å². The minimum Gasteiger partial charge on any atom is -0.353 e. The quantitative estimate of drug-likeness (QED) is 0.684. The topological polar surface area (TPSA) is 75.1 Å². The average molecular weight is 405 g/mol. The first-order valence-corrected chi connectivity index (χ1v) is 10.3. The van der Waals surface area contributed by atoms with Gasteiger partial charge in [0.05, 0.1) is 5.69 Å². The lowest BCUT2D eigenvalue weighted by molar-refractivity contribution is 0.0950. The Balaban J connectivity index is 1.45. The molecule has 1 aromatic carbocycles. The normalized spacial score (nSPS) is 16.5. The number of rotatable bonds is 5. The minimum absolute atomic E-state index is 0.101. The SMILES string of the molecule is Cc1nn(C)c(C)c1CNC(=O)c1ccnc(N2CCN[C@H](c3ccccc3)C2)c1. The number of nitrogens with one attached hydrogen (secondary N) is 2. The van der Waals surface area contributed by atoms with Gasteiger partial charge in [-0.1, -0.05) is 30.3 Å². The summed E-state index contributed by atoms with van der Waals surface area (Å²) in [7, 11) is 1.92. The highest BCUT2D eigenvalue weighted by Crippen LogP contribution is 2.22. The van der Waals surface area contributed by atoms with Crippen LogP contribution in [0.25, 0.3) is 0 Å². The summed E-state index contributed by atoms with van der Waals surface area (Å²) in [5.74, 6) is 0.731. The molecule has 1 aliphatic rings. The van der Waals surface area contributed by atoms with E-state index < -0.39 is 0 Å². The third-order valence-electron chi connectivity index (χ3n) is 5.79. The lowest BCUT2D eigenvalue weighted by Gasteiger charge is -2.34. The van der Waals surface area contributed by atoms with E-state index in [4.69, 9.17) is 0 Å². The van der Waals surface area contributed by atoms with Crippen molar-refractivity contribution >= 4 is 11.7 Å². The highest BCUT2D eigenvalue weighted by atomic mass is 16.1. The third kappa shape index (κ3) is 4.21. The Morgan fingerprint density at radius 1 is 1.23 bits per heavy atom. The molecule has 1 saturated heterocycles. The van der Waals surface area contributed by atoms with Crippen LogP contribution in [0, 0.1) is 13.8 Å². The van der Waals surface area contributed by atoms with Crippen LogP contribution in [0.4, 0.5) is 5.82 Å². The van der Waals surface area contributed by atoms with Crippen molar-refractivity contribution < 1.29 is 4.79 Å². The maximum absolute atomic E-state index is 12.8. The second kappa shape index (κ2) is 8.67. The van der Waals surface area contributed by atoms with Crippen molar-refractivity contribution in [1.29, 1.82) is 0 Å². The van der Waals surface area contributed by atoms with E-state index in [0.29, 0.717) is 12.1 Å². The number of hydrogen-bond donors (Lipinski definition) is 2. The molecule has 3 aromatic rings. The van der Waals surface area contributed by atoms with E-state index in [9.17, 15) is 4.79 Å². The van der Waals surface area contributed by atoms with Gasteiger partial charge in [0.2, 0.25) is 0 Å². The Morgan fingerprint density at radius 3 is 2.77 bits per heavy atom. The molecule has 3 heterocycles. The predicted molar refractivity (Wildman–Crippen MR) is 117 cm³/mol. The zero-order chi connectivity index (χ0) is 21.1. The van der Waals surface area contributed by atoms with E-state index in [-0.39, 0.29) is 11.9 Å². The molecule has 0 bridgehead atoms. The summed E-state index contributed by atoms with van der Waals surface area (Å²) in [6, 6.07) is 14.3. The number of hydrogen-bond acceptors (Lipinski definition) is 5. The van der Waals surface area contributed by atoms with Crippen LogP contribution in [0.1, 0.15) is 38.9 Å². The highest BCUT2D eigenvalue weighted by molar-refractivity contribution is 5.94. The van der Waals surface area contributed by atoms with Crippen LogP contribution >= 0.6 is 0 Å². The largest absolute Gasteiger partial charge is 0.353 e. The molecule has 1 atom stereocenters. The van der Waals surface area contributed by atoms with Gasteiger partial charge >= 0.3 is 0 Å². The molecular formula is C23H28N6O. The van der Waals surface area contributed by atoms with Crippen LogP contribution in [0.15, 0.2) is 48.7 Å². The molecule has 0 saturated carbocycles. The first kappa shape index (κ1) is 20.1. The van der Waals surface area contributed by atoms with Crippen molar-refractivity contribution in [2.75, 3.05) is 24.5 Å². The summed E-state index contributed by atoms with van der Waals surface area (Å²) in [4.78, 5) is 19.5. The molecule has 2 aromatic heterocycles. The zero-order valence-corrected chi connectivity index (χ0v) is 17.7. The van der Waals surface area contributed by atoms with Crippen molar-refractivity contribution in [2.24, 2.45) is 7.05 Å². The van der Waals surface area contributed by atoms with Gasteiger partial charge in [-0.25, -0.2) is 4.98 Å². The van der Waals surface area contributed by atoms with Crippen LogP contribution < -0.4 is 15.5 Å². The summed E-state index contributed by atoms with van der Waals surface area (Å²) < 4.78 is 1.84. The monoisotopic (exact) mass is 404 g/mol. The highest BCUT2D eigenvalue weighted by Gasteiger charge is 2.22. The minimum atomic E-state index is -0.101. The van der Waals surface area contributed by atoms with E-state index in [1.165, 1.54) is 5.56 Å². The lowest BCUT2D eigenvalue weighted by Crippen LogP contribution is -2.46. The van der Waals surface area contributed by atoms with Crippen LogP contribution in [0.3, 0.4) is 0 Å². The summed E-state index contributed by atoms with van der Waals surface area (Å²) in [6.07, 6.45) is 1.71. The maximum Gasteiger partial charge on any atom is 0.251 e. The molecule has 2 N–H and O–H groups in total. The number of pyridine rings is 1. The zero-order valence-electron chi connectivity index (χ0n) is 17.7. The summed E-state index contributed by atoms with van der Waals surface area (Å²) in [5, 5.41) is 11.0. The fourth-order valence-electron chi connectivity index (χ4n) is 3.94. The molecule has 1 aliphatic heterocycles. The molecule has 0 aliphatic carbocycles. The van der Waals surface area contributed by atoms with Crippen molar-refractivity contribution in [3.05, 3.63) is 76.7 Å². The van der Waals surface area contributed by atoms with Crippen LogP contribution in [-0.4, -0.2) is 40.3 Å². The third-order valence-corrected chi connectivity index (χ3v) is 5.79. The van der Waals surface area contributed by atoms with E-state index in [0.717, 1.165) is 42.4 Å². The fourth-order valence-corrected chi connectivity index (χ4v) is 3.94. The number of amides is 1. The van der Waals surface area contributed by atoms with Gasteiger partial charge in [0.25, 0.3) is 5.91 Å². The van der Waals surface area contributed by atoms with Crippen molar-refractivity contribution in [3.63, 3.8) is 0 Å². The number of aryl methyl sites for hydroxylation is 2. The number of carbonyl (C=O) groups excluding carboxylic acids is 1. The molecule has 156 valence electrons. The molecule has 30 heavy (non-hydrogen) atoms. The van der Waals surface area contributed by atoms with E-state index >= 15 is 0 Å². The molecule has 7 heteroatoms. The first-order valence-electron chi connectivity index (χ1n) is 10.3. The van der Waals surface area contributed by atoms with Crippen LogP contribution in [0.2, 0.25) is 0 Å². The van der Waals surface area contributed by atoms with Crippen molar-refractivity contribution in [2.45, 2.75) is 26.4 Å². The lowest BCUT2D eigenvalue weighted by atomic mass is 10.0. The molecular weight excluding hydrogens is 376 g/mol. The van der Waals surface area contributed by atoms with E-state index in [1.54, 1.807) is 12.3 Å². The molecule has 0 unspecified atom stereocenters. The van der Waals surface area contributed by atoms with Gasteiger partial charge in [-0.2, -0.15) is 5.10 Å². The molecule has 1 fully saturated rings. The average Bonchev–Trinajstić information content (AvgIpc) is 3.03. The van der Waals surface area contributed by atoms with Gasteiger partial charge in [0.15, 0.2) is 0 Å². The first-order chi connectivity index (χ1) is 14.5. The second-order valence-electron chi connectivity index (χ2n) is 7.72. The van der Waals surface area contributed by atoms with E-state index in [2.05, 4.69) is 49.9 Å². The van der Waals surface area contributed by atoms with Gasteiger partial charge in [0.1, 0.15) is 5.82 Å². The number of benzene rings is 1. The fraction of sp³-hybridized carbons (Fsp3) is 0.348. The molecule has 0 radical (unpaired) electrons. The Morgan fingerprint density at radius 2 is 2.03 bits per heavy atom. The smallest absolute Gasteiger partial charge is 0.251 e. The van der Waals surface area contributed by atoms with Gasteiger partial charge in [-0.15, -0.1) is 0 Å². The second-order valence-corrected chi connectivity index (χ2v) is 7.72. The van der Waals surface area contributed by atoms with Crippen LogP contribution in [-0.2, 0) is 13.6 Å². The van der Waals surface area contributed by atoms with Crippen molar-refractivity contribution in [3.8, 4) is 0 Å². The number of carbonyl (C=O) groups is 1. The Kier molecular flexibility index (Phi) is 5.81. The summed E-state index contributed by atoms with van der Waals surface area (Å²) in [6.45, 7) is 6.99. The summed E-state index contributed by atoms with van der Waals surface area (Å²) in [5.41, 5.74) is 4.95. The Labute approximate surface area is 177 Å².